The van der Waals surface area contributed by atoms with Gasteiger partial charge in [0.1, 0.15) is 23.0 Å². The number of rotatable bonds is 3. The lowest BCUT2D eigenvalue weighted by atomic mass is 9.96. The highest BCUT2D eigenvalue weighted by Gasteiger charge is 2.23. The summed E-state index contributed by atoms with van der Waals surface area (Å²) in [7, 11) is 0. The lowest BCUT2D eigenvalue weighted by Gasteiger charge is -2.35. The first-order chi connectivity index (χ1) is 12.5. The van der Waals surface area contributed by atoms with Crippen molar-refractivity contribution in [3.63, 3.8) is 0 Å². The summed E-state index contributed by atoms with van der Waals surface area (Å²) in [5.74, 6) is 2.03. The van der Waals surface area contributed by atoms with E-state index >= 15 is 0 Å². The molecule has 0 radical (unpaired) electrons. The number of piperidine rings is 1. The molecule has 3 aromatic rings. The Morgan fingerprint density at radius 2 is 2.04 bits per heavy atom. The summed E-state index contributed by atoms with van der Waals surface area (Å²) in [5, 5.41) is 5.40. The predicted molar refractivity (Wildman–Crippen MR) is 101 cm³/mol. The predicted octanol–water partition coefficient (Wildman–Crippen LogP) is 3.81. The van der Waals surface area contributed by atoms with Crippen LogP contribution in [0.4, 0.5) is 10.1 Å². The molecule has 1 saturated heterocycles. The fraction of sp³-hybridized carbons (Fsp3) is 0.450. The van der Waals surface area contributed by atoms with Gasteiger partial charge in [-0.3, -0.25) is 0 Å². The first-order valence-electron chi connectivity index (χ1n) is 9.20. The standard InChI is InChI=1S/C20H24FN5/c1-13-10-19(17-7-4-8-18(21)20(17)22-13)25-9-5-6-16(11-25)12-26-15(3)23-14(2)24-26/h4,7-8,10,16H,5-6,9,11-12H2,1-3H3. The molecule has 1 unspecified atom stereocenters. The lowest BCUT2D eigenvalue weighted by Crippen LogP contribution is -2.37. The highest BCUT2D eigenvalue weighted by Crippen LogP contribution is 2.31. The second kappa shape index (κ2) is 6.67. The van der Waals surface area contributed by atoms with Crippen molar-refractivity contribution < 1.29 is 4.39 Å². The molecular formula is C20H24FN5. The normalized spacial score (nSPS) is 17.8. The van der Waals surface area contributed by atoms with Crippen LogP contribution in [-0.2, 0) is 6.54 Å². The molecule has 3 heterocycles. The van der Waals surface area contributed by atoms with Gasteiger partial charge in [-0.25, -0.2) is 19.0 Å². The van der Waals surface area contributed by atoms with Gasteiger partial charge >= 0.3 is 0 Å². The molecule has 0 aliphatic carbocycles. The van der Waals surface area contributed by atoms with E-state index in [0.29, 0.717) is 11.4 Å². The fourth-order valence-corrected chi connectivity index (χ4v) is 3.99. The maximum absolute atomic E-state index is 14.2. The van der Waals surface area contributed by atoms with Crippen molar-refractivity contribution in [2.24, 2.45) is 5.92 Å². The zero-order valence-electron chi connectivity index (χ0n) is 15.5. The van der Waals surface area contributed by atoms with Crippen LogP contribution in [0.5, 0.6) is 0 Å². The smallest absolute Gasteiger partial charge is 0.149 e. The monoisotopic (exact) mass is 353 g/mol. The molecule has 0 saturated carbocycles. The topological polar surface area (TPSA) is 46.8 Å². The summed E-state index contributed by atoms with van der Waals surface area (Å²) < 4.78 is 16.2. The summed E-state index contributed by atoms with van der Waals surface area (Å²) >= 11 is 0. The zero-order valence-corrected chi connectivity index (χ0v) is 15.5. The quantitative estimate of drug-likeness (QED) is 0.718. The minimum atomic E-state index is -0.255. The first-order valence-corrected chi connectivity index (χ1v) is 9.20. The SMILES string of the molecule is Cc1cc(N2CCCC(Cn3nc(C)nc3C)C2)c2cccc(F)c2n1. The van der Waals surface area contributed by atoms with Crippen molar-refractivity contribution in [1.82, 2.24) is 19.7 Å². The van der Waals surface area contributed by atoms with Crippen molar-refractivity contribution in [3.8, 4) is 0 Å². The Balaban J connectivity index is 1.63. The van der Waals surface area contributed by atoms with Crippen molar-refractivity contribution in [2.45, 2.75) is 40.2 Å². The molecule has 0 bridgehead atoms. The average Bonchev–Trinajstić information content (AvgIpc) is 2.92. The number of nitrogens with zero attached hydrogens (tertiary/aromatic N) is 5. The van der Waals surface area contributed by atoms with E-state index in [-0.39, 0.29) is 5.82 Å². The van der Waals surface area contributed by atoms with E-state index in [1.165, 1.54) is 12.5 Å². The van der Waals surface area contributed by atoms with Crippen molar-refractivity contribution in [2.75, 3.05) is 18.0 Å². The minimum absolute atomic E-state index is 0.255. The molecule has 1 atom stereocenters. The molecule has 1 aromatic carbocycles. The van der Waals surface area contributed by atoms with Crippen molar-refractivity contribution in [1.29, 1.82) is 0 Å². The fourth-order valence-electron chi connectivity index (χ4n) is 3.99. The third kappa shape index (κ3) is 3.16. The molecule has 2 aromatic heterocycles. The average molecular weight is 353 g/mol. The number of pyridine rings is 1. The third-order valence-electron chi connectivity index (χ3n) is 5.15. The zero-order chi connectivity index (χ0) is 18.3. The van der Waals surface area contributed by atoms with E-state index in [2.05, 4.69) is 26.0 Å². The number of anilines is 1. The summed E-state index contributed by atoms with van der Waals surface area (Å²) in [4.78, 5) is 11.2. The molecule has 6 heteroatoms. The minimum Gasteiger partial charge on any atom is -0.371 e. The van der Waals surface area contributed by atoms with Crippen LogP contribution in [0.3, 0.4) is 0 Å². The highest BCUT2D eigenvalue weighted by atomic mass is 19.1. The van der Waals surface area contributed by atoms with Crippen molar-refractivity contribution in [3.05, 3.63) is 47.4 Å². The summed E-state index contributed by atoms with van der Waals surface area (Å²) in [6.07, 6.45) is 2.29. The van der Waals surface area contributed by atoms with Gasteiger partial charge in [0, 0.05) is 36.4 Å². The molecule has 0 amide bonds. The maximum Gasteiger partial charge on any atom is 0.149 e. The van der Waals surface area contributed by atoms with Gasteiger partial charge in [-0.1, -0.05) is 12.1 Å². The van der Waals surface area contributed by atoms with Gasteiger partial charge < -0.3 is 4.90 Å². The van der Waals surface area contributed by atoms with Gasteiger partial charge in [-0.15, -0.1) is 0 Å². The number of halogens is 1. The summed E-state index contributed by atoms with van der Waals surface area (Å²) in [5.41, 5.74) is 2.40. The molecule has 136 valence electrons. The number of hydrogen-bond donors (Lipinski definition) is 0. The van der Waals surface area contributed by atoms with E-state index in [1.54, 1.807) is 6.07 Å². The van der Waals surface area contributed by atoms with E-state index in [4.69, 9.17) is 0 Å². The number of benzene rings is 1. The lowest BCUT2D eigenvalue weighted by molar-refractivity contribution is 0.348. The molecule has 4 rings (SSSR count). The van der Waals surface area contributed by atoms with E-state index < -0.39 is 0 Å². The van der Waals surface area contributed by atoms with Gasteiger partial charge in [-0.05, 0) is 51.7 Å². The van der Waals surface area contributed by atoms with Gasteiger partial charge in [0.25, 0.3) is 0 Å². The Labute approximate surface area is 152 Å². The Bertz CT molecular complexity index is 949. The van der Waals surface area contributed by atoms with Gasteiger partial charge in [0.05, 0.1) is 0 Å². The molecule has 0 spiro atoms. The second-order valence-electron chi connectivity index (χ2n) is 7.26. The number of fused-ring (bicyclic) bond motifs is 1. The van der Waals surface area contributed by atoms with Gasteiger partial charge in [0.2, 0.25) is 0 Å². The molecule has 1 aliphatic heterocycles. The van der Waals surface area contributed by atoms with Crippen LogP contribution in [0.15, 0.2) is 24.3 Å². The number of aryl methyl sites for hydroxylation is 3. The maximum atomic E-state index is 14.2. The largest absolute Gasteiger partial charge is 0.371 e. The highest BCUT2D eigenvalue weighted by molar-refractivity contribution is 5.92. The van der Waals surface area contributed by atoms with Crippen LogP contribution < -0.4 is 4.90 Å². The Hall–Kier alpha value is -2.50. The Morgan fingerprint density at radius 3 is 2.81 bits per heavy atom. The van der Waals surface area contributed by atoms with E-state index in [9.17, 15) is 4.39 Å². The summed E-state index contributed by atoms with van der Waals surface area (Å²) in [6.45, 7) is 8.66. The van der Waals surface area contributed by atoms with E-state index in [0.717, 1.165) is 54.5 Å². The van der Waals surface area contributed by atoms with Crippen LogP contribution in [0.2, 0.25) is 0 Å². The number of aromatic nitrogens is 4. The first kappa shape index (κ1) is 16.9. The second-order valence-corrected chi connectivity index (χ2v) is 7.26. The van der Waals surface area contributed by atoms with E-state index in [1.807, 2.05) is 31.5 Å². The molecule has 26 heavy (non-hydrogen) atoms. The number of hydrogen-bond acceptors (Lipinski definition) is 4. The van der Waals surface area contributed by atoms with Crippen molar-refractivity contribution >= 4 is 16.6 Å². The molecular weight excluding hydrogens is 329 g/mol. The molecule has 5 nitrogen and oxygen atoms in total. The number of para-hydroxylation sites is 1. The summed E-state index contributed by atoms with van der Waals surface area (Å²) in [6, 6.07) is 7.29. The van der Waals surface area contributed by atoms with Crippen LogP contribution in [0.1, 0.15) is 30.2 Å². The van der Waals surface area contributed by atoms with Crippen LogP contribution >= 0.6 is 0 Å². The van der Waals surface area contributed by atoms with Crippen LogP contribution in [0, 0.1) is 32.5 Å². The third-order valence-corrected chi connectivity index (χ3v) is 5.15. The molecule has 0 N–H and O–H groups in total. The molecule has 1 fully saturated rings. The van der Waals surface area contributed by atoms with Gasteiger partial charge in [0.15, 0.2) is 0 Å². The van der Waals surface area contributed by atoms with Gasteiger partial charge in [-0.2, -0.15) is 5.10 Å². The van der Waals surface area contributed by atoms with Crippen LogP contribution in [0.25, 0.3) is 10.9 Å². The Morgan fingerprint density at radius 1 is 1.19 bits per heavy atom. The van der Waals surface area contributed by atoms with Crippen LogP contribution in [-0.4, -0.2) is 32.8 Å². The Kier molecular flexibility index (Phi) is 4.34. The molecule has 1 aliphatic rings.